The van der Waals surface area contributed by atoms with Gasteiger partial charge in [0.15, 0.2) is 13.2 Å². The average molecular weight is 448 g/mol. The quantitative estimate of drug-likeness (QED) is 0.415. The summed E-state index contributed by atoms with van der Waals surface area (Å²) in [7, 11) is 0. The lowest BCUT2D eigenvalue weighted by atomic mass is 10.2. The van der Waals surface area contributed by atoms with Gasteiger partial charge in [-0.3, -0.25) is 9.59 Å². The van der Waals surface area contributed by atoms with Crippen molar-refractivity contribution in [3.63, 3.8) is 0 Å². The largest absolute Gasteiger partial charge is 0.457 e. The molecule has 0 heterocycles. The van der Waals surface area contributed by atoms with E-state index in [1.54, 1.807) is 24.3 Å². The highest BCUT2D eigenvalue weighted by molar-refractivity contribution is 5.92. The van der Waals surface area contributed by atoms with E-state index in [4.69, 9.17) is 27.1 Å². The van der Waals surface area contributed by atoms with E-state index in [0.29, 0.717) is 11.5 Å². The fourth-order valence-electron chi connectivity index (χ4n) is 2.28. The zero-order valence-corrected chi connectivity index (χ0v) is 17.5. The number of carbonyl (C=O) groups excluding carboxylic acids is 4. The van der Waals surface area contributed by atoms with E-state index in [2.05, 4.69) is 22.5 Å². The summed E-state index contributed by atoms with van der Waals surface area (Å²) in [6.45, 7) is -0.782. The third kappa shape index (κ3) is 8.48. The van der Waals surface area contributed by atoms with Crippen molar-refractivity contribution in [2.75, 3.05) is 26.3 Å². The van der Waals surface area contributed by atoms with Crippen LogP contribution in [0.15, 0.2) is 48.5 Å². The molecule has 168 valence electrons. The molecule has 9 nitrogen and oxygen atoms in total. The molecule has 0 spiro atoms. The molecule has 2 rings (SSSR count). The summed E-state index contributed by atoms with van der Waals surface area (Å²) in [6, 6.07) is 12.1. The van der Waals surface area contributed by atoms with Crippen LogP contribution < -0.4 is 15.4 Å². The number of hydrogen-bond donors (Lipinski definition) is 2. The zero-order valence-electron chi connectivity index (χ0n) is 17.5. The fourth-order valence-corrected chi connectivity index (χ4v) is 2.28. The molecule has 2 amide bonds. The number of ether oxygens (including phenoxy) is 3. The predicted molar refractivity (Wildman–Crippen MR) is 117 cm³/mol. The lowest BCUT2D eigenvalue weighted by Gasteiger charge is -2.08. The molecule has 0 saturated carbocycles. The van der Waals surface area contributed by atoms with Gasteiger partial charge in [-0.25, -0.2) is 9.59 Å². The van der Waals surface area contributed by atoms with Crippen LogP contribution in [0.3, 0.4) is 0 Å². The van der Waals surface area contributed by atoms with E-state index in [1.165, 1.54) is 24.3 Å². The third-order valence-electron chi connectivity index (χ3n) is 3.86. The van der Waals surface area contributed by atoms with Crippen LogP contribution in [0.5, 0.6) is 11.5 Å². The Labute approximate surface area is 190 Å². The maximum Gasteiger partial charge on any atom is 0.338 e. The van der Waals surface area contributed by atoms with E-state index >= 15 is 0 Å². The number of rotatable bonds is 10. The van der Waals surface area contributed by atoms with E-state index in [0.717, 1.165) is 0 Å². The predicted octanol–water partition coefficient (Wildman–Crippen LogP) is 1.29. The number of benzene rings is 2. The smallest absolute Gasteiger partial charge is 0.338 e. The molecule has 33 heavy (non-hydrogen) atoms. The van der Waals surface area contributed by atoms with E-state index in [9.17, 15) is 19.2 Å². The molecule has 0 unspecified atom stereocenters. The van der Waals surface area contributed by atoms with Gasteiger partial charge in [0, 0.05) is 0 Å². The first-order valence-electron chi connectivity index (χ1n) is 9.55. The monoisotopic (exact) mass is 448 g/mol. The van der Waals surface area contributed by atoms with Crippen LogP contribution in [-0.2, 0) is 19.1 Å². The second-order valence-corrected chi connectivity index (χ2v) is 6.26. The van der Waals surface area contributed by atoms with Gasteiger partial charge >= 0.3 is 11.9 Å². The molecule has 0 aliphatic heterocycles. The molecule has 2 aromatic rings. The highest BCUT2D eigenvalue weighted by Crippen LogP contribution is 2.22. The average Bonchev–Trinajstić information content (AvgIpc) is 2.84. The number of carbonyl (C=O) groups is 4. The van der Waals surface area contributed by atoms with Crippen LogP contribution in [0.2, 0.25) is 0 Å². The molecule has 0 aromatic heterocycles. The van der Waals surface area contributed by atoms with Crippen molar-refractivity contribution >= 4 is 23.8 Å². The summed E-state index contributed by atoms with van der Waals surface area (Å²) >= 11 is 0. The van der Waals surface area contributed by atoms with Crippen LogP contribution in [-0.4, -0.2) is 50.1 Å². The number of nitrogens with one attached hydrogen (secondary N) is 2. The van der Waals surface area contributed by atoms with Crippen LogP contribution in [0.25, 0.3) is 0 Å². The summed E-state index contributed by atoms with van der Waals surface area (Å²) in [5, 5.41) is 4.76. The highest BCUT2D eigenvalue weighted by Gasteiger charge is 2.12. The van der Waals surface area contributed by atoms with Gasteiger partial charge in [0.1, 0.15) is 11.5 Å². The molecule has 9 heteroatoms. The summed E-state index contributed by atoms with van der Waals surface area (Å²) in [5.74, 6) is 2.99. The molecule has 0 fully saturated rings. The minimum absolute atomic E-state index is 0.0505. The molecule has 2 aromatic carbocycles. The second kappa shape index (κ2) is 12.8. The highest BCUT2D eigenvalue weighted by atomic mass is 16.5. The third-order valence-corrected chi connectivity index (χ3v) is 3.86. The van der Waals surface area contributed by atoms with Crippen molar-refractivity contribution in [1.82, 2.24) is 10.6 Å². The van der Waals surface area contributed by atoms with E-state index in [-0.39, 0.29) is 24.2 Å². The molecule has 0 radical (unpaired) electrons. The standard InChI is InChI=1S/C24H20N2O7/c1-3-13-25-21(27)15-31-23(29)17-5-9-19(10-6-17)33-20-11-7-18(8-12-20)24(30)32-16-22(28)26-14-4-2/h1-2,5-12H,13-16H2,(H,25,27)(H,26,28). The summed E-state index contributed by atoms with van der Waals surface area (Å²) in [6.07, 6.45) is 10.1. The maximum atomic E-state index is 12.0. The normalized spacial score (nSPS) is 9.52. The van der Waals surface area contributed by atoms with Crippen molar-refractivity contribution in [3.05, 3.63) is 59.7 Å². The van der Waals surface area contributed by atoms with Gasteiger partial charge in [0.2, 0.25) is 0 Å². The number of esters is 2. The van der Waals surface area contributed by atoms with Crippen molar-refractivity contribution in [3.8, 4) is 36.2 Å². The van der Waals surface area contributed by atoms with Crippen molar-refractivity contribution < 1.29 is 33.4 Å². The summed E-state index contributed by atoms with van der Waals surface area (Å²) in [5.41, 5.74) is 0.466. The van der Waals surface area contributed by atoms with Crippen molar-refractivity contribution in [2.45, 2.75) is 0 Å². The lowest BCUT2D eigenvalue weighted by molar-refractivity contribution is -0.124. The van der Waals surface area contributed by atoms with Crippen LogP contribution in [0, 0.1) is 24.7 Å². The first-order chi connectivity index (χ1) is 15.9. The van der Waals surface area contributed by atoms with Gasteiger partial charge in [-0.1, -0.05) is 11.8 Å². The molecule has 0 aliphatic carbocycles. The molecular formula is C24H20N2O7. The Bertz CT molecular complexity index is 990. The minimum Gasteiger partial charge on any atom is -0.457 e. The number of terminal acetylenes is 2. The van der Waals surface area contributed by atoms with E-state index in [1.807, 2.05) is 0 Å². The van der Waals surface area contributed by atoms with Crippen LogP contribution in [0.4, 0.5) is 0 Å². The molecule has 0 aliphatic rings. The molecule has 2 N–H and O–H groups in total. The van der Waals surface area contributed by atoms with Gasteiger partial charge in [-0.2, -0.15) is 0 Å². The fraction of sp³-hybridized carbons (Fsp3) is 0.167. The topological polar surface area (TPSA) is 120 Å². The Morgan fingerprint density at radius 1 is 0.667 bits per heavy atom. The number of amides is 2. The lowest BCUT2D eigenvalue weighted by Crippen LogP contribution is -2.28. The second-order valence-electron chi connectivity index (χ2n) is 6.26. The van der Waals surface area contributed by atoms with Gasteiger partial charge in [0.25, 0.3) is 11.8 Å². The zero-order chi connectivity index (χ0) is 24.1. The molecular weight excluding hydrogens is 428 g/mol. The van der Waals surface area contributed by atoms with Gasteiger partial charge < -0.3 is 24.8 Å². The van der Waals surface area contributed by atoms with Crippen molar-refractivity contribution in [2.24, 2.45) is 0 Å². The SMILES string of the molecule is C#CCNC(=O)COC(=O)c1ccc(Oc2ccc(C(=O)OCC(=O)NCC#C)cc2)cc1. The molecule has 0 atom stereocenters. The first kappa shape index (κ1) is 24.5. The van der Waals surface area contributed by atoms with Gasteiger partial charge in [-0.05, 0) is 48.5 Å². The Morgan fingerprint density at radius 3 is 1.36 bits per heavy atom. The van der Waals surface area contributed by atoms with Crippen LogP contribution in [0.1, 0.15) is 20.7 Å². The first-order valence-corrected chi connectivity index (χ1v) is 9.55. The maximum absolute atomic E-state index is 12.0. The van der Waals surface area contributed by atoms with E-state index < -0.39 is 37.0 Å². The summed E-state index contributed by atoms with van der Waals surface area (Å²) in [4.78, 5) is 46.8. The summed E-state index contributed by atoms with van der Waals surface area (Å²) < 4.78 is 15.5. The van der Waals surface area contributed by atoms with Crippen LogP contribution >= 0.6 is 0 Å². The Hall–Kier alpha value is -4.76. The Morgan fingerprint density at radius 2 is 1.03 bits per heavy atom. The Balaban J connectivity index is 1.85. The van der Waals surface area contributed by atoms with Gasteiger partial charge in [0.05, 0.1) is 24.2 Å². The van der Waals surface area contributed by atoms with Gasteiger partial charge in [-0.15, -0.1) is 12.8 Å². The minimum atomic E-state index is -0.673. The molecule has 0 saturated heterocycles. The number of hydrogen-bond acceptors (Lipinski definition) is 7. The molecule has 0 bridgehead atoms. The Kier molecular flexibility index (Phi) is 9.53. The van der Waals surface area contributed by atoms with Crippen molar-refractivity contribution in [1.29, 1.82) is 0 Å².